The van der Waals surface area contributed by atoms with E-state index in [4.69, 9.17) is 0 Å². The summed E-state index contributed by atoms with van der Waals surface area (Å²) in [4.78, 5) is 18.2. The van der Waals surface area contributed by atoms with E-state index in [9.17, 15) is 4.79 Å². The number of carbonyl (C=O) groups is 1. The van der Waals surface area contributed by atoms with Crippen LogP contribution in [0.5, 0.6) is 0 Å². The number of halogens is 1. The minimum atomic E-state index is -0.00130. The molecule has 0 aliphatic carbocycles. The largest absolute Gasteiger partial charge is 0.337 e. The van der Waals surface area contributed by atoms with Gasteiger partial charge in [0.25, 0.3) is 5.91 Å². The summed E-state index contributed by atoms with van der Waals surface area (Å²) in [6, 6.07) is 5.62. The zero-order valence-corrected chi connectivity index (χ0v) is 12.8. The standard InChI is InChI=1S/C14H16BrN3O/c1-10-8-11(4-5-12(10)15)14(19)18(3)9-13-16-6-7-17(13)2/h4-8H,9H2,1-3H3. The molecule has 0 fully saturated rings. The van der Waals surface area contributed by atoms with Gasteiger partial charge in [0.1, 0.15) is 5.82 Å². The molecule has 0 saturated heterocycles. The van der Waals surface area contributed by atoms with Crippen molar-refractivity contribution in [3.8, 4) is 0 Å². The first kappa shape index (κ1) is 13.8. The third-order valence-corrected chi connectivity index (χ3v) is 3.94. The maximum Gasteiger partial charge on any atom is 0.254 e. The highest BCUT2D eigenvalue weighted by atomic mass is 79.9. The summed E-state index contributed by atoms with van der Waals surface area (Å²) in [5.41, 5.74) is 1.74. The SMILES string of the molecule is Cc1cc(C(=O)N(C)Cc2nccn2C)ccc1Br. The second-order valence-electron chi connectivity index (χ2n) is 4.58. The predicted molar refractivity (Wildman–Crippen MR) is 77.9 cm³/mol. The Morgan fingerprint density at radius 2 is 2.21 bits per heavy atom. The minimum absolute atomic E-state index is 0.00130. The zero-order valence-electron chi connectivity index (χ0n) is 11.2. The number of hydrogen-bond acceptors (Lipinski definition) is 2. The molecule has 1 amide bonds. The van der Waals surface area contributed by atoms with Crippen LogP contribution in [-0.2, 0) is 13.6 Å². The number of benzene rings is 1. The van der Waals surface area contributed by atoms with Crippen molar-refractivity contribution >= 4 is 21.8 Å². The molecule has 0 saturated carbocycles. The van der Waals surface area contributed by atoms with Crippen molar-refractivity contribution in [1.82, 2.24) is 14.5 Å². The Morgan fingerprint density at radius 3 is 2.79 bits per heavy atom. The summed E-state index contributed by atoms with van der Waals surface area (Å²) in [5.74, 6) is 0.864. The smallest absolute Gasteiger partial charge is 0.254 e. The van der Waals surface area contributed by atoms with Crippen LogP contribution in [0.25, 0.3) is 0 Å². The highest BCUT2D eigenvalue weighted by molar-refractivity contribution is 9.10. The van der Waals surface area contributed by atoms with E-state index in [0.29, 0.717) is 12.1 Å². The van der Waals surface area contributed by atoms with E-state index in [1.165, 1.54) is 0 Å². The van der Waals surface area contributed by atoms with Crippen LogP contribution < -0.4 is 0 Å². The number of imidazole rings is 1. The molecular formula is C14H16BrN3O. The zero-order chi connectivity index (χ0) is 14.0. The second-order valence-corrected chi connectivity index (χ2v) is 5.43. The number of rotatable bonds is 3. The van der Waals surface area contributed by atoms with E-state index in [-0.39, 0.29) is 5.91 Å². The highest BCUT2D eigenvalue weighted by Gasteiger charge is 2.14. The molecule has 0 spiro atoms. The maximum absolute atomic E-state index is 12.3. The summed E-state index contributed by atoms with van der Waals surface area (Å²) in [6.45, 7) is 2.47. The van der Waals surface area contributed by atoms with Crippen LogP contribution in [-0.4, -0.2) is 27.4 Å². The number of aromatic nitrogens is 2. The van der Waals surface area contributed by atoms with Gasteiger partial charge in [-0.25, -0.2) is 4.98 Å². The Labute approximate surface area is 121 Å². The Balaban J connectivity index is 2.15. The first-order valence-electron chi connectivity index (χ1n) is 5.97. The van der Waals surface area contributed by atoms with E-state index >= 15 is 0 Å². The van der Waals surface area contributed by atoms with E-state index in [1.54, 1.807) is 18.1 Å². The first-order chi connectivity index (χ1) is 8.99. The average molecular weight is 322 g/mol. The Morgan fingerprint density at radius 1 is 1.47 bits per heavy atom. The monoisotopic (exact) mass is 321 g/mol. The number of nitrogens with zero attached hydrogens (tertiary/aromatic N) is 3. The van der Waals surface area contributed by atoms with Gasteiger partial charge in [-0.05, 0) is 30.7 Å². The van der Waals surface area contributed by atoms with Gasteiger partial charge < -0.3 is 9.47 Å². The fourth-order valence-electron chi connectivity index (χ4n) is 1.83. The van der Waals surface area contributed by atoms with Crippen LogP contribution in [0, 0.1) is 6.92 Å². The number of hydrogen-bond donors (Lipinski definition) is 0. The van der Waals surface area contributed by atoms with E-state index in [1.807, 2.05) is 42.9 Å². The number of carbonyl (C=O) groups excluding carboxylic acids is 1. The lowest BCUT2D eigenvalue weighted by atomic mass is 10.1. The molecule has 0 aliphatic heterocycles. The summed E-state index contributed by atoms with van der Waals surface area (Å²) in [7, 11) is 3.71. The van der Waals surface area contributed by atoms with Gasteiger partial charge in [-0.3, -0.25) is 4.79 Å². The van der Waals surface area contributed by atoms with Gasteiger partial charge >= 0.3 is 0 Å². The topological polar surface area (TPSA) is 38.1 Å². The molecule has 1 aromatic heterocycles. The van der Waals surface area contributed by atoms with Crippen molar-refractivity contribution in [1.29, 1.82) is 0 Å². The van der Waals surface area contributed by atoms with Crippen LogP contribution in [0.4, 0.5) is 0 Å². The van der Waals surface area contributed by atoms with E-state index in [2.05, 4.69) is 20.9 Å². The molecule has 1 aromatic carbocycles. The van der Waals surface area contributed by atoms with Crippen molar-refractivity contribution in [2.45, 2.75) is 13.5 Å². The maximum atomic E-state index is 12.3. The molecule has 0 atom stereocenters. The van der Waals surface area contributed by atoms with Gasteiger partial charge in [0, 0.05) is 36.5 Å². The van der Waals surface area contributed by atoms with Gasteiger partial charge in [0.05, 0.1) is 6.54 Å². The van der Waals surface area contributed by atoms with Crippen LogP contribution in [0.2, 0.25) is 0 Å². The molecule has 5 heteroatoms. The van der Waals surface area contributed by atoms with Crippen LogP contribution >= 0.6 is 15.9 Å². The van der Waals surface area contributed by atoms with Gasteiger partial charge in [0.15, 0.2) is 0 Å². The molecule has 0 aliphatic rings. The molecule has 2 aromatic rings. The third kappa shape index (κ3) is 3.04. The summed E-state index contributed by atoms with van der Waals surface area (Å²) in [5, 5.41) is 0. The Bertz CT molecular complexity index is 606. The lowest BCUT2D eigenvalue weighted by molar-refractivity contribution is 0.0780. The number of aryl methyl sites for hydroxylation is 2. The van der Waals surface area contributed by atoms with Gasteiger partial charge in [0.2, 0.25) is 0 Å². The summed E-state index contributed by atoms with van der Waals surface area (Å²) in [6.07, 6.45) is 3.61. The molecule has 1 heterocycles. The lowest BCUT2D eigenvalue weighted by Gasteiger charge is -2.17. The van der Waals surface area contributed by atoms with Gasteiger partial charge in [-0.15, -0.1) is 0 Å². The molecule has 0 N–H and O–H groups in total. The predicted octanol–water partition coefficient (Wildman–Crippen LogP) is 2.76. The molecular weight excluding hydrogens is 306 g/mol. The van der Waals surface area contributed by atoms with Crippen LogP contribution in [0.1, 0.15) is 21.7 Å². The molecule has 100 valence electrons. The fraction of sp³-hybridized carbons (Fsp3) is 0.286. The summed E-state index contributed by atoms with van der Waals surface area (Å²) >= 11 is 3.44. The fourth-order valence-corrected chi connectivity index (χ4v) is 2.08. The minimum Gasteiger partial charge on any atom is -0.337 e. The van der Waals surface area contributed by atoms with Gasteiger partial charge in [-0.2, -0.15) is 0 Å². The normalized spacial score (nSPS) is 10.5. The van der Waals surface area contributed by atoms with Crippen LogP contribution in [0.3, 0.4) is 0 Å². The number of amides is 1. The molecule has 0 bridgehead atoms. The van der Waals surface area contributed by atoms with Crippen molar-refractivity contribution in [2.24, 2.45) is 7.05 Å². The summed E-state index contributed by atoms with van der Waals surface area (Å²) < 4.78 is 2.92. The molecule has 4 nitrogen and oxygen atoms in total. The molecule has 2 rings (SSSR count). The van der Waals surface area contributed by atoms with Crippen molar-refractivity contribution in [3.05, 3.63) is 52.0 Å². The Hall–Kier alpha value is -1.62. The van der Waals surface area contributed by atoms with Crippen molar-refractivity contribution < 1.29 is 4.79 Å². The quantitative estimate of drug-likeness (QED) is 0.871. The molecule has 19 heavy (non-hydrogen) atoms. The van der Waals surface area contributed by atoms with Gasteiger partial charge in [-0.1, -0.05) is 15.9 Å². The van der Waals surface area contributed by atoms with Crippen molar-refractivity contribution in [2.75, 3.05) is 7.05 Å². The Kier molecular flexibility index (Phi) is 4.04. The third-order valence-electron chi connectivity index (χ3n) is 3.05. The van der Waals surface area contributed by atoms with Crippen molar-refractivity contribution in [3.63, 3.8) is 0 Å². The average Bonchev–Trinajstić information content (AvgIpc) is 2.77. The lowest BCUT2D eigenvalue weighted by Crippen LogP contribution is -2.27. The molecule has 0 radical (unpaired) electrons. The first-order valence-corrected chi connectivity index (χ1v) is 6.76. The van der Waals surface area contributed by atoms with E-state index in [0.717, 1.165) is 15.9 Å². The van der Waals surface area contributed by atoms with E-state index < -0.39 is 0 Å². The highest BCUT2D eigenvalue weighted by Crippen LogP contribution is 2.18. The molecule has 0 unspecified atom stereocenters. The van der Waals surface area contributed by atoms with Crippen LogP contribution in [0.15, 0.2) is 35.1 Å². The second kappa shape index (κ2) is 5.57.